The predicted octanol–water partition coefficient (Wildman–Crippen LogP) is 5.48. The number of rotatable bonds is 9. The first-order valence-corrected chi connectivity index (χ1v) is 17.4. The van der Waals surface area contributed by atoms with Crippen LogP contribution in [0.15, 0.2) is 118 Å². The Morgan fingerprint density at radius 3 is 1.44 bits per heavy atom. The van der Waals surface area contributed by atoms with Crippen LogP contribution in [0.4, 0.5) is 45.5 Å². The third-order valence-electron chi connectivity index (χ3n) is 7.45. The number of amides is 1. The van der Waals surface area contributed by atoms with E-state index in [1.807, 2.05) is 0 Å². The third kappa shape index (κ3) is 11.2. The molecule has 0 fully saturated rings. The van der Waals surface area contributed by atoms with E-state index in [9.17, 15) is 53.9 Å². The number of hydrogen-bond donors (Lipinski definition) is 6. The number of nitrogens with zero attached hydrogens (tertiary/aromatic N) is 6. The topological polar surface area (TPSA) is 292 Å². The Morgan fingerprint density at radius 2 is 1.04 bits per heavy atom. The summed E-state index contributed by atoms with van der Waals surface area (Å²) in [6.45, 7) is 1.35. The number of nitrogens with one attached hydrogen (secondary N) is 2. The summed E-state index contributed by atoms with van der Waals surface area (Å²) in [5, 5.41) is 82.1. The minimum absolute atomic E-state index is 0. The van der Waals surface area contributed by atoms with Crippen LogP contribution in [-0.4, -0.2) is 50.9 Å². The summed E-state index contributed by atoms with van der Waals surface area (Å²) in [6.07, 6.45) is 0.983. The smallest absolute Gasteiger partial charge is 0.506 e. The van der Waals surface area contributed by atoms with Crippen LogP contribution in [0.1, 0.15) is 6.92 Å². The van der Waals surface area contributed by atoms with Crippen molar-refractivity contribution in [3.05, 3.63) is 117 Å². The fourth-order valence-corrected chi connectivity index (χ4v) is 5.67. The first-order valence-electron chi connectivity index (χ1n) is 15.6. The third-order valence-corrected chi connectivity index (χ3v) is 8.05. The Morgan fingerprint density at radius 1 is 0.632 bits per heavy atom. The van der Waals surface area contributed by atoms with Gasteiger partial charge in [-0.05, 0) is 47.2 Å². The van der Waals surface area contributed by atoms with Crippen molar-refractivity contribution in [2.75, 3.05) is 16.3 Å². The number of azo groups is 2. The van der Waals surface area contributed by atoms with Gasteiger partial charge in [0.05, 0.1) is 27.5 Å². The molecule has 1 amide bonds. The average Bonchev–Trinajstić information content (AvgIpc) is 3.11. The Labute approximate surface area is 355 Å². The van der Waals surface area contributed by atoms with E-state index in [1.165, 1.54) is 25.1 Å². The molecule has 19 nitrogen and oxygen atoms in total. The first kappa shape index (κ1) is 45.2. The molecule has 6 aromatic carbocycles. The second-order valence-electron chi connectivity index (χ2n) is 11.5. The molecule has 0 aliphatic carbocycles. The van der Waals surface area contributed by atoms with Crippen LogP contribution in [0.2, 0.25) is 0 Å². The number of anilines is 2. The van der Waals surface area contributed by atoms with Gasteiger partial charge in [0, 0.05) is 59.3 Å². The van der Waals surface area contributed by atoms with Crippen molar-refractivity contribution in [1.82, 2.24) is 0 Å². The van der Waals surface area contributed by atoms with E-state index in [1.54, 1.807) is 42.5 Å². The molecule has 0 atom stereocenters. The number of carbonyl (C=O) groups excluding carboxylic acids is 1. The number of sulfonamides is 1. The van der Waals surface area contributed by atoms with Gasteiger partial charge in [-0.2, -0.15) is 0 Å². The molecule has 0 aliphatic heterocycles. The van der Waals surface area contributed by atoms with Crippen LogP contribution in [0, 0.1) is 20.2 Å². The molecule has 0 aromatic heterocycles. The summed E-state index contributed by atoms with van der Waals surface area (Å²) in [5.41, 5.74) is -0.271. The molecule has 6 aromatic rings. The van der Waals surface area contributed by atoms with E-state index in [0.29, 0.717) is 21.8 Å². The van der Waals surface area contributed by atoms with E-state index in [2.05, 4.69) is 30.5 Å². The van der Waals surface area contributed by atoms with Crippen molar-refractivity contribution >= 4 is 83.0 Å². The number of hydrogen-bond acceptors (Lipinski definition) is 15. The maximum Gasteiger partial charge on any atom is 1.00 e. The molecule has 6 N–H and O–H groups in total. The van der Waals surface area contributed by atoms with E-state index < -0.39 is 19.9 Å². The van der Waals surface area contributed by atoms with Gasteiger partial charge in [0.1, 0.15) is 45.7 Å². The number of fused-ring (bicyclic) bond motifs is 2. The summed E-state index contributed by atoms with van der Waals surface area (Å²) in [7, 11) is -3.61. The number of phenols is 4. The van der Waals surface area contributed by atoms with Crippen molar-refractivity contribution in [3.63, 3.8) is 0 Å². The van der Waals surface area contributed by atoms with E-state index in [0.717, 1.165) is 42.7 Å². The van der Waals surface area contributed by atoms with Gasteiger partial charge in [-0.3, -0.25) is 29.7 Å². The number of nitro groups is 2. The number of benzene rings is 6. The first-order chi connectivity index (χ1) is 26.0. The van der Waals surface area contributed by atoms with Crippen LogP contribution in [0.5, 0.6) is 23.0 Å². The van der Waals surface area contributed by atoms with Gasteiger partial charge in [-0.25, -0.2) is 8.42 Å². The molecule has 0 bridgehead atoms. The van der Waals surface area contributed by atoms with Crippen LogP contribution in [0.25, 0.3) is 21.5 Å². The number of nitro benzene ring substituents is 2. The number of aromatic hydroxyl groups is 4. The normalized spacial score (nSPS) is 11.0. The molecule has 6 rings (SSSR count). The minimum Gasteiger partial charge on any atom is -0.506 e. The quantitative estimate of drug-likeness (QED) is 0.0458. The van der Waals surface area contributed by atoms with Crippen molar-refractivity contribution in [2.45, 2.75) is 6.92 Å². The van der Waals surface area contributed by atoms with Gasteiger partial charge < -0.3 is 25.7 Å². The Balaban J connectivity index is 0.000000295. The monoisotopic (exact) mass is 843 g/mol. The summed E-state index contributed by atoms with van der Waals surface area (Å²) in [6, 6.07) is 22.5. The molecule has 57 heavy (non-hydrogen) atoms. The largest absolute Gasteiger partial charge is 1.00 e. The number of phenolic OH excluding ortho intramolecular Hbond substituents is 4. The molecule has 0 unspecified atom stereocenters. The van der Waals surface area contributed by atoms with E-state index in [4.69, 9.17) is 0 Å². The average molecular weight is 844 g/mol. The molecule has 0 radical (unpaired) electrons. The van der Waals surface area contributed by atoms with Crippen LogP contribution in [-0.2, 0) is 32.2 Å². The molecule has 0 aliphatic rings. The predicted molar refractivity (Wildman–Crippen MR) is 202 cm³/mol. The molecular weight excluding hydrogens is 815 g/mol. The molecule has 0 spiro atoms. The molecular formula is C35H28CrN8NaO11S+. The Bertz CT molecular complexity index is 2700. The summed E-state index contributed by atoms with van der Waals surface area (Å²) in [5.74, 6) is -1.43. The Kier molecular flexibility index (Phi) is 15.1. The van der Waals surface area contributed by atoms with Gasteiger partial charge in [0.25, 0.3) is 11.4 Å². The van der Waals surface area contributed by atoms with Crippen molar-refractivity contribution in [3.8, 4) is 23.0 Å². The summed E-state index contributed by atoms with van der Waals surface area (Å²) < 4.78 is 25.6. The standard InChI is InChI=1S/C18H14N4O5.C17H14N4O6S.Cr.Na/c1-10(23)19-13-4-2-3-11-5-7-16(25)18(17(11)13)21-20-14-9-12(22(26)27)6-8-15(14)24;1-28(26,27)20-12-4-2-3-10-5-7-15(23)17(16(10)12)19-18-13-9-11(21(24)25)6-8-14(13)22;;/h2-9,24-25H,1H3,(H,19,23);2-9,20,22-23H,1H3;;/q;;;+1. The van der Waals surface area contributed by atoms with Crippen LogP contribution in [0.3, 0.4) is 0 Å². The minimum atomic E-state index is -3.61. The molecule has 0 saturated carbocycles. The maximum absolute atomic E-state index is 11.6. The van der Waals surface area contributed by atoms with Crippen molar-refractivity contribution in [2.24, 2.45) is 20.5 Å². The van der Waals surface area contributed by atoms with Gasteiger partial charge >= 0.3 is 29.6 Å². The van der Waals surface area contributed by atoms with Crippen molar-refractivity contribution < 1.29 is 90.4 Å². The van der Waals surface area contributed by atoms with Gasteiger partial charge in [-0.15, -0.1) is 20.5 Å². The second kappa shape index (κ2) is 19.1. The molecule has 0 heterocycles. The van der Waals surface area contributed by atoms with Gasteiger partial charge in [0.15, 0.2) is 0 Å². The van der Waals surface area contributed by atoms with Crippen LogP contribution < -0.4 is 39.6 Å². The van der Waals surface area contributed by atoms with Crippen LogP contribution >= 0.6 is 0 Å². The fraction of sp³-hybridized carbons (Fsp3) is 0.0571. The summed E-state index contributed by atoms with van der Waals surface area (Å²) >= 11 is 0. The molecule has 22 heteroatoms. The van der Waals surface area contributed by atoms with Gasteiger partial charge in [0.2, 0.25) is 15.9 Å². The molecule has 0 saturated heterocycles. The maximum atomic E-state index is 11.6. The zero-order chi connectivity index (χ0) is 40.0. The van der Waals surface area contributed by atoms with E-state index >= 15 is 0 Å². The second-order valence-corrected chi connectivity index (χ2v) is 13.2. The zero-order valence-electron chi connectivity index (χ0n) is 29.9. The number of non-ortho nitro benzene ring substituents is 2. The molecule has 286 valence electrons. The Hall–Kier alpha value is -6.21. The van der Waals surface area contributed by atoms with Crippen molar-refractivity contribution in [1.29, 1.82) is 0 Å². The fourth-order valence-electron chi connectivity index (χ4n) is 5.10. The summed E-state index contributed by atoms with van der Waals surface area (Å²) in [4.78, 5) is 32.0. The number of carbonyl (C=O) groups is 1. The van der Waals surface area contributed by atoms with Gasteiger partial charge in [-0.1, -0.05) is 36.4 Å². The SMILES string of the molecule is CC(=O)Nc1cccc2ccc(O)c(N=Nc3cc([N+](=O)[O-])ccc3O)c12.CS(=O)(=O)Nc1cccc2ccc(O)c(N=Nc3cc([N+](=O)[O-])ccc3O)c12.[Cr].[Na+]. The van der Waals surface area contributed by atoms with E-state index in [-0.39, 0.29) is 121 Å². The zero-order valence-corrected chi connectivity index (χ0v) is 34.0.